The Morgan fingerprint density at radius 1 is 0.694 bits per heavy atom. The molecule has 0 saturated heterocycles. The van der Waals surface area contributed by atoms with Gasteiger partial charge in [-0.3, -0.25) is 0 Å². The van der Waals surface area contributed by atoms with E-state index in [1.165, 1.54) is 10.4 Å². The first-order valence-corrected chi connectivity index (χ1v) is 24.3. The van der Waals surface area contributed by atoms with Crippen LogP contribution in [0, 0.1) is 0 Å². The molecule has 0 aromatic heterocycles. The van der Waals surface area contributed by atoms with Gasteiger partial charge in [-0.2, -0.15) is 0 Å². The third-order valence-electron chi connectivity index (χ3n) is 10.7. The predicted octanol–water partition coefficient (Wildman–Crippen LogP) is 9.61. The molecule has 4 aromatic rings. The van der Waals surface area contributed by atoms with Gasteiger partial charge in [0.15, 0.2) is 8.32 Å². The highest BCUT2D eigenvalue weighted by Crippen LogP contribution is 2.47. The smallest absolute Gasteiger partial charge is 0.261 e. The number of benzene rings is 4. The van der Waals surface area contributed by atoms with Crippen LogP contribution in [-0.4, -0.2) is 35.0 Å². The molecule has 0 heterocycles. The van der Waals surface area contributed by atoms with Gasteiger partial charge in [0.1, 0.15) is 7.14 Å². The quantitative estimate of drug-likeness (QED) is 0.122. The van der Waals surface area contributed by atoms with Gasteiger partial charge in [-0.25, -0.2) is 0 Å². The lowest BCUT2D eigenvalue weighted by molar-refractivity contribution is 0.0991. The van der Waals surface area contributed by atoms with Crippen molar-refractivity contribution in [2.45, 2.75) is 89.8 Å². The summed E-state index contributed by atoms with van der Waals surface area (Å²) >= 11 is 0. The van der Waals surface area contributed by atoms with E-state index >= 15 is 4.57 Å². The molecular formula is C43H55O3PSi2. The number of rotatable bonds is 10. The molecule has 0 radical (unpaired) electrons. The predicted molar refractivity (Wildman–Crippen MR) is 216 cm³/mol. The summed E-state index contributed by atoms with van der Waals surface area (Å²) < 4.78 is 30.0. The molecule has 258 valence electrons. The van der Waals surface area contributed by atoms with Crippen LogP contribution in [0.25, 0.3) is 0 Å². The van der Waals surface area contributed by atoms with Crippen LogP contribution in [0.2, 0.25) is 23.2 Å². The standard InChI is InChI=1S/C43H55O3PSi2/c1-34-35(30-31-47(44,37-22-14-10-15-23-37)38-24-16-11-17-25-38)32-36(45-48(8,9)42(2,3)4)33-41(34)46-49(43(5,6)7,39-26-18-12-19-27-39)40-28-20-13-21-29-40/h10-30,36,41H,1,31-33H2,2-9H3/b35-30+/t36-,41+/m1/s1. The summed E-state index contributed by atoms with van der Waals surface area (Å²) in [7, 11) is -7.97. The summed E-state index contributed by atoms with van der Waals surface area (Å²) in [5.41, 5.74) is 2.08. The second kappa shape index (κ2) is 14.7. The highest BCUT2D eigenvalue weighted by molar-refractivity contribution is 7.78. The molecule has 5 rings (SSSR count). The van der Waals surface area contributed by atoms with Crippen molar-refractivity contribution in [2.24, 2.45) is 0 Å². The summed E-state index contributed by atoms with van der Waals surface area (Å²) in [5.74, 6) is 0. The molecule has 0 amide bonds. The minimum Gasteiger partial charge on any atom is -0.413 e. The first-order valence-electron chi connectivity index (χ1n) is 17.6. The van der Waals surface area contributed by atoms with Crippen molar-refractivity contribution in [3.63, 3.8) is 0 Å². The molecule has 0 N–H and O–H groups in total. The number of hydrogen-bond donors (Lipinski definition) is 0. The largest absolute Gasteiger partial charge is 0.413 e. The maximum Gasteiger partial charge on any atom is 0.261 e. The zero-order valence-corrected chi connectivity index (χ0v) is 33.7. The second-order valence-electron chi connectivity index (χ2n) is 16.1. The Kier molecular flexibility index (Phi) is 11.1. The Balaban J connectivity index is 1.62. The second-order valence-corrected chi connectivity index (χ2v) is 27.9. The lowest BCUT2D eigenvalue weighted by Gasteiger charge is -2.48. The van der Waals surface area contributed by atoms with Crippen LogP contribution in [0.1, 0.15) is 54.4 Å². The van der Waals surface area contributed by atoms with Gasteiger partial charge in [-0.15, -0.1) is 0 Å². The Labute approximate surface area is 298 Å². The van der Waals surface area contributed by atoms with Crippen molar-refractivity contribution < 1.29 is 13.4 Å². The van der Waals surface area contributed by atoms with Crippen LogP contribution in [0.4, 0.5) is 0 Å². The molecule has 2 atom stereocenters. The van der Waals surface area contributed by atoms with E-state index in [1.807, 2.05) is 60.7 Å². The van der Waals surface area contributed by atoms with Crippen molar-refractivity contribution >= 4 is 44.8 Å². The lowest BCUT2D eigenvalue weighted by atomic mass is 9.86. The number of allylic oxidation sites excluding steroid dienone is 1. The van der Waals surface area contributed by atoms with Crippen LogP contribution in [0.15, 0.2) is 145 Å². The van der Waals surface area contributed by atoms with E-state index in [0.29, 0.717) is 6.16 Å². The van der Waals surface area contributed by atoms with Crippen LogP contribution >= 0.6 is 7.14 Å². The van der Waals surface area contributed by atoms with E-state index in [0.717, 1.165) is 34.6 Å². The zero-order valence-electron chi connectivity index (χ0n) is 30.8. The fraction of sp³-hybridized carbons (Fsp3) is 0.349. The average Bonchev–Trinajstić information content (AvgIpc) is 3.08. The monoisotopic (exact) mass is 706 g/mol. The molecule has 0 aliphatic heterocycles. The van der Waals surface area contributed by atoms with Gasteiger partial charge in [0.25, 0.3) is 8.32 Å². The first-order chi connectivity index (χ1) is 23.1. The van der Waals surface area contributed by atoms with Crippen LogP contribution in [0.5, 0.6) is 0 Å². The summed E-state index contributed by atoms with van der Waals surface area (Å²) in [5, 5.41) is 4.12. The minimum atomic E-state index is -2.97. The van der Waals surface area contributed by atoms with E-state index in [-0.39, 0.29) is 22.3 Å². The van der Waals surface area contributed by atoms with Gasteiger partial charge in [-0.1, -0.05) is 176 Å². The Morgan fingerprint density at radius 2 is 1.12 bits per heavy atom. The summed E-state index contributed by atoms with van der Waals surface area (Å²) in [6.45, 7) is 23.3. The van der Waals surface area contributed by atoms with Crippen LogP contribution in [-0.2, 0) is 13.4 Å². The summed E-state index contributed by atoms with van der Waals surface area (Å²) in [6, 6.07) is 41.5. The maximum atomic E-state index is 15.1. The maximum absolute atomic E-state index is 15.1. The Hall–Kier alpha value is -3.06. The van der Waals surface area contributed by atoms with Gasteiger partial charge in [0.2, 0.25) is 0 Å². The highest BCUT2D eigenvalue weighted by atomic mass is 31.2. The molecule has 0 unspecified atom stereocenters. The van der Waals surface area contributed by atoms with Crippen molar-refractivity contribution in [2.75, 3.05) is 6.16 Å². The molecule has 1 saturated carbocycles. The van der Waals surface area contributed by atoms with Crippen molar-refractivity contribution in [1.29, 1.82) is 0 Å². The molecule has 1 aliphatic carbocycles. The minimum absolute atomic E-state index is 0.0336. The van der Waals surface area contributed by atoms with Crippen molar-refractivity contribution in [3.8, 4) is 0 Å². The molecule has 0 bridgehead atoms. The van der Waals surface area contributed by atoms with Gasteiger partial charge >= 0.3 is 0 Å². The summed E-state index contributed by atoms with van der Waals surface area (Å²) in [6.07, 6.45) is 3.79. The van der Waals surface area contributed by atoms with Crippen molar-refractivity contribution in [1.82, 2.24) is 0 Å². The van der Waals surface area contributed by atoms with E-state index in [9.17, 15) is 0 Å². The molecule has 4 aromatic carbocycles. The fourth-order valence-corrected chi connectivity index (χ4v) is 15.5. The average molecular weight is 707 g/mol. The topological polar surface area (TPSA) is 35.5 Å². The first kappa shape index (κ1) is 37.2. The van der Waals surface area contributed by atoms with E-state index in [4.69, 9.17) is 15.4 Å². The Bertz CT molecular complexity index is 1690. The van der Waals surface area contributed by atoms with Gasteiger partial charge in [-0.05, 0) is 51.1 Å². The number of hydrogen-bond acceptors (Lipinski definition) is 3. The molecular weight excluding hydrogens is 652 g/mol. The van der Waals surface area contributed by atoms with E-state index < -0.39 is 23.8 Å². The fourth-order valence-electron chi connectivity index (χ4n) is 6.91. The van der Waals surface area contributed by atoms with Crippen LogP contribution < -0.4 is 21.0 Å². The third-order valence-corrected chi connectivity index (χ3v) is 23.2. The van der Waals surface area contributed by atoms with Gasteiger partial charge in [0, 0.05) is 23.2 Å². The normalized spacial score (nSPS) is 18.9. The van der Waals surface area contributed by atoms with Gasteiger partial charge < -0.3 is 13.4 Å². The molecule has 49 heavy (non-hydrogen) atoms. The molecule has 1 fully saturated rings. The van der Waals surface area contributed by atoms with E-state index in [1.54, 1.807) is 0 Å². The Morgan fingerprint density at radius 3 is 1.53 bits per heavy atom. The van der Waals surface area contributed by atoms with Crippen LogP contribution in [0.3, 0.4) is 0 Å². The van der Waals surface area contributed by atoms with Gasteiger partial charge in [0.05, 0.1) is 12.2 Å². The highest BCUT2D eigenvalue weighted by Gasteiger charge is 2.53. The molecule has 0 spiro atoms. The summed E-state index contributed by atoms with van der Waals surface area (Å²) in [4.78, 5) is 0. The lowest BCUT2D eigenvalue weighted by Crippen LogP contribution is -2.68. The zero-order chi connectivity index (χ0) is 35.5. The third kappa shape index (κ3) is 7.82. The van der Waals surface area contributed by atoms with E-state index in [2.05, 4.69) is 121 Å². The van der Waals surface area contributed by atoms with Crippen molar-refractivity contribution in [3.05, 3.63) is 145 Å². The molecule has 6 heteroatoms. The molecule has 3 nitrogen and oxygen atoms in total. The molecule has 1 aliphatic rings. The SMILES string of the molecule is C=C1/C(=C/CP(=O)(c2ccccc2)c2ccccc2)C[C@@H](O[Si](C)(C)C(C)(C)C)C[C@@H]1O[Si](c1ccccc1)(c1ccccc1)C(C)(C)C.